The van der Waals surface area contributed by atoms with Crippen molar-refractivity contribution >= 4 is 6.09 Å². The molecule has 15 heavy (non-hydrogen) atoms. The lowest BCUT2D eigenvalue weighted by atomic mass is 9.96. The zero-order valence-corrected chi connectivity index (χ0v) is 8.77. The number of carbonyl (C=O) groups excluding carboxylic acids is 1. The first-order valence-corrected chi connectivity index (χ1v) is 5.13. The number of rotatable bonds is 1. The predicted molar refractivity (Wildman–Crippen MR) is 54.5 cm³/mol. The Bertz CT molecular complexity index is 315. The molecular weight excluding hydrogens is 194 g/mol. The van der Waals surface area contributed by atoms with Crippen molar-refractivity contribution in [3.8, 4) is 0 Å². The van der Waals surface area contributed by atoms with Gasteiger partial charge in [0.25, 0.3) is 0 Å². The molecular formula is C10H15N3O2. The first-order chi connectivity index (χ1) is 7.31. The predicted octanol–water partition coefficient (Wildman–Crippen LogP) is 1.36. The van der Waals surface area contributed by atoms with Gasteiger partial charge in [0.1, 0.15) is 5.82 Å². The maximum absolute atomic E-state index is 11.2. The number of ether oxygens (including phenoxy) is 1. The van der Waals surface area contributed by atoms with Crippen LogP contribution in [0.1, 0.15) is 24.6 Å². The van der Waals surface area contributed by atoms with Gasteiger partial charge in [0.15, 0.2) is 0 Å². The molecule has 1 aliphatic rings. The number of aromatic amines is 1. The van der Waals surface area contributed by atoms with Crippen LogP contribution < -0.4 is 0 Å². The lowest BCUT2D eigenvalue weighted by molar-refractivity contribution is 0.112. The molecule has 0 unspecified atom stereocenters. The second-order valence-corrected chi connectivity index (χ2v) is 3.71. The maximum atomic E-state index is 11.2. The van der Waals surface area contributed by atoms with Gasteiger partial charge in [0.05, 0.1) is 7.11 Å². The molecule has 2 rings (SSSR count). The topological polar surface area (TPSA) is 58.2 Å². The smallest absolute Gasteiger partial charge is 0.409 e. The van der Waals surface area contributed by atoms with Gasteiger partial charge in [-0.3, -0.25) is 0 Å². The minimum atomic E-state index is -0.229. The highest BCUT2D eigenvalue weighted by atomic mass is 16.5. The molecule has 2 heterocycles. The number of hydrogen-bond donors (Lipinski definition) is 1. The van der Waals surface area contributed by atoms with Crippen LogP contribution in [-0.2, 0) is 4.74 Å². The second kappa shape index (κ2) is 4.33. The van der Waals surface area contributed by atoms with Gasteiger partial charge in [-0.1, -0.05) is 0 Å². The Kier molecular flexibility index (Phi) is 2.89. The van der Waals surface area contributed by atoms with E-state index in [1.165, 1.54) is 7.11 Å². The summed E-state index contributed by atoms with van der Waals surface area (Å²) in [5, 5.41) is 0. The number of piperidine rings is 1. The van der Waals surface area contributed by atoms with Crippen molar-refractivity contribution in [2.45, 2.75) is 18.8 Å². The summed E-state index contributed by atoms with van der Waals surface area (Å²) in [6, 6.07) is 0. The Labute approximate surface area is 88.4 Å². The third-order valence-corrected chi connectivity index (χ3v) is 2.83. The van der Waals surface area contributed by atoms with E-state index < -0.39 is 0 Å². The summed E-state index contributed by atoms with van der Waals surface area (Å²) in [5.74, 6) is 1.47. The number of likely N-dealkylation sites (tertiary alicyclic amines) is 1. The van der Waals surface area contributed by atoms with Crippen molar-refractivity contribution in [2.75, 3.05) is 20.2 Å². The standard InChI is InChI=1S/C10H15N3O2/c1-15-10(14)13-6-2-8(3-7-13)9-11-4-5-12-9/h4-5,8H,2-3,6-7H2,1H3,(H,11,12). The molecule has 1 fully saturated rings. The molecule has 1 amide bonds. The number of methoxy groups -OCH3 is 1. The van der Waals surface area contributed by atoms with E-state index in [2.05, 4.69) is 14.7 Å². The normalized spacial score (nSPS) is 17.8. The summed E-state index contributed by atoms with van der Waals surface area (Å²) in [6.07, 6.45) is 5.27. The van der Waals surface area contributed by atoms with Crippen LogP contribution in [-0.4, -0.2) is 41.2 Å². The van der Waals surface area contributed by atoms with E-state index in [1.807, 2.05) is 6.20 Å². The van der Waals surface area contributed by atoms with Gasteiger partial charge in [0.2, 0.25) is 0 Å². The van der Waals surface area contributed by atoms with Crippen molar-refractivity contribution in [3.63, 3.8) is 0 Å². The minimum absolute atomic E-state index is 0.229. The molecule has 0 aromatic carbocycles. The van der Waals surface area contributed by atoms with Crippen LogP contribution in [0.25, 0.3) is 0 Å². The number of hydrogen-bond acceptors (Lipinski definition) is 3. The number of nitrogens with zero attached hydrogens (tertiary/aromatic N) is 2. The summed E-state index contributed by atoms with van der Waals surface area (Å²) in [6.45, 7) is 1.50. The largest absolute Gasteiger partial charge is 0.453 e. The second-order valence-electron chi connectivity index (χ2n) is 3.71. The van der Waals surface area contributed by atoms with Gasteiger partial charge in [-0.15, -0.1) is 0 Å². The van der Waals surface area contributed by atoms with E-state index >= 15 is 0 Å². The van der Waals surface area contributed by atoms with E-state index in [9.17, 15) is 4.79 Å². The highest BCUT2D eigenvalue weighted by molar-refractivity contribution is 5.67. The van der Waals surface area contributed by atoms with Gasteiger partial charge in [-0.05, 0) is 12.8 Å². The van der Waals surface area contributed by atoms with Crippen LogP contribution in [0.5, 0.6) is 0 Å². The number of nitrogens with one attached hydrogen (secondary N) is 1. The Morgan fingerprint density at radius 2 is 2.33 bits per heavy atom. The highest BCUT2D eigenvalue weighted by Gasteiger charge is 2.25. The molecule has 1 aliphatic heterocycles. The van der Waals surface area contributed by atoms with Gasteiger partial charge in [-0.25, -0.2) is 9.78 Å². The number of H-pyrrole nitrogens is 1. The molecule has 0 aliphatic carbocycles. The van der Waals surface area contributed by atoms with Gasteiger partial charge in [0, 0.05) is 31.4 Å². The summed E-state index contributed by atoms with van der Waals surface area (Å²) < 4.78 is 4.68. The van der Waals surface area contributed by atoms with Crippen LogP contribution in [0.3, 0.4) is 0 Å². The van der Waals surface area contributed by atoms with Gasteiger partial charge in [-0.2, -0.15) is 0 Å². The van der Waals surface area contributed by atoms with Crippen molar-refractivity contribution in [1.82, 2.24) is 14.9 Å². The van der Waals surface area contributed by atoms with E-state index in [4.69, 9.17) is 0 Å². The van der Waals surface area contributed by atoms with E-state index in [0.717, 1.165) is 31.8 Å². The third-order valence-electron chi connectivity index (χ3n) is 2.83. The average molecular weight is 209 g/mol. The molecule has 0 atom stereocenters. The fraction of sp³-hybridized carbons (Fsp3) is 0.600. The summed E-state index contributed by atoms with van der Waals surface area (Å²) in [4.78, 5) is 20.3. The fourth-order valence-corrected chi connectivity index (χ4v) is 1.97. The first kappa shape index (κ1) is 10.0. The van der Waals surface area contributed by atoms with Crippen molar-refractivity contribution in [2.24, 2.45) is 0 Å². The molecule has 0 spiro atoms. The van der Waals surface area contributed by atoms with Crippen LogP contribution in [0.15, 0.2) is 12.4 Å². The summed E-state index contributed by atoms with van der Waals surface area (Å²) >= 11 is 0. The SMILES string of the molecule is COC(=O)N1CCC(c2ncc[nH]2)CC1. The number of carbonyl (C=O) groups is 1. The van der Waals surface area contributed by atoms with Crippen LogP contribution in [0.4, 0.5) is 4.79 Å². The molecule has 1 saturated heterocycles. The summed E-state index contributed by atoms with van der Waals surface area (Å²) in [7, 11) is 1.42. The fourth-order valence-electron chi connectivity index (χ4n) is 1.97. The molecule has 82 valence electrons. The third kappa shape index (κ3) is 2.11. The Morgan fingerprint density at radius 3 is 2.87 bits per heavy atom. The van der Waals surface area contributed by atoms with E-state index in [-0.39, 0.29) is 6.09 Å². The average Bonchev–Trinajstić information content (AvgIpc) is 2.82. The Hall–Kier alpha value is -1.52. The van der Waals surface area contributed by atoms with E-state index in [0.29, 0.717) is 5.92 Å². The number of imidazole rings is 1. The van der Waals surface area contributed by atoms with Crippen molar-refractivity contribution < 1.29 is 9.53 Å². The van der Waals surface area contributed by atoms with Gasteiger partial charge < -0.3 is 14.6 Å². The molecule has 1 aromatic heterocycles. The molecule has 1 N–H and O–H groups in total. The zero-order valence-electron chi connectivity index (χ0n) is 8.77. The zero-order chi connectivity index (χ0) is 10.7. The number of aromatic nitrogens is 2. The van der Waals surface area contributed by atoms with Crippen LogP contribution in [0.2, 0.25) is 0 Å². The lowest BCUT2D eigenvalue weighted by Gasteiger charge is -2.29. The molecule has 0 radical (unpaired) electrons. The highest BCUT2D eigenvalue weighted by Crippen LogP contribution is 2.25. The van der Waals surface area contributed by atoms with Crippen LogP contribution >= 0.6 is 0 Å². The van der Waals surface area contributed by atoms with Crippen molar-refractivity contribution in [1.29, 1.82) is 0 Å². The molecule has 0 bridgehead atoms. The quantitative estimate of drug-likeness (QED) is 0.759. The maximum Gasteiger partial charge on any atom is 0.409 e. The van der Waals surface area contributed by atoms with E-state index in [1.54, 1.807) is 11.1 Å². The Balaban J connectivity index is 1.90. The molecule has 5 heteroatoms. The Morgan fingerprint density at radius 1 is 1.60 bits per heavy atom. The first-order valence-electron chi connectivity index (χ1n) is 5.13. The van der Waals surface area contributed by atoms with Gasteiger partial charge >= 0.3 is 6.09 Å². The summed E-state index contributed by atoms with van der Waals surface area (Å²) in [5.41, 5.74) is 0. The minimum Gasteiger partial charge on any atom is -0.453 e. The monoisotopic (exact) mass is 209 g/mol. The van der Waals surface area contributed by atoms with Crippen LogP contribution in [0, 0.1) is 0 Å². The molecule has 5 nitrogen and oxygen atoms in total. The lowest BCUT2D eigenvalue weighted by Crippen LogP contribution is -2.37. The molecule has 0 saturated carbocycles. The van der Waals surface area contributed by atoms with Crippen molar-refractivity contribution in [3.05, 3.63) is 18.2 Å². The molecule has 1 aromatic rings. The number of amides is 1.